The Morgan fingerprint density at radius 1 is 1.15 bits per heavy atom. The molecule has 26 heavy (non-hydrogen) atoms. The molecule has 142 valence electrons. The lowest BCUT2D eigenvalue weighted by Crippen LogP contribution is -2.41. The van der Waals surface area contributed by atoms with Crippen LogP contribution in [0.5, 0.6) is 0 Å². The van der Waals surface area contributed by atoms with E-state index >= 15 is 0 Å². The number of nitrogens with one attached hydrogen (secondary N) is 1. The summed E-state index contributed by atoms with van der Waals surface area (Å²) in [4.78, 5) is 20.7. The van der Waals surface area contributed by atoms with Crippen molar-refractivity contribution in [2.24, 2.45) is 5.41 Å². The van der Waals surface area contributed by atoms with Crippen molar-refractivity contribution >= 4 is 16.8 Å². The number of carbonyl (C=O) groups excluding carboxylic acids is 1. The van der Waals surface area contributed by atoms with Crippen LogP contribution in [0.25, 0.3) is 10.9 Å². The number of amides is 1. The number of pyridine rings is 1. The van der Waals surface area contributed by atoms with E-state index in [2.05, 4.69) is 72.2 Å². The van der Waals surface area contributed by atoms with Gasteiger partial charge in [-0.1, -0.05) is 32.9 Å². The number of carbonyl (C=O) groups is 1. The summed E-state index contributed by atoms with van der Waals surface area (Å²) < 4.78 is 0. The summed E-state index contributed by atoms with van der Waals surface area (Å²) in [6, 6.07) is 10.4. The number of fused-ring (bicyclic) bond motifs is 1. The highest BCUT2D eigenvalue weighted by Crippen LogP contribution is 2.15. The van der Waals surface area contributed by atoms with E-state index in [-0.39, 0.29) is 11.3 Å². The van der Waals surface area contributed by atoms with Gasteiger partial charge in [0.05, 0.1) is 12.1 Å². The minimum absolute atomic E-state index is 0.0851. The van der Waals surface area contributed by atoms with E-state index in [1.54, 1.807) is 0 Å². The van der Waals surface area contributed by atoms with Crippen molar-refractivity contribution < 1.29 is 4.79 Å². The molecule has 0 radical (unpaired) electrons. The minimum atomic E-state index is 0.0851. The monoisotopic (exact) mass is 356 g/mol. The number of aromatic nitrogens is 1. The number of benzene rings is 1. The highest BCUT2D eigenvalue weighted by atomic mass is 16.2. The third-order valence-corrected chi connectivity index (χ3v) is 4.09. The Morgan fingerprint density at radius 3 is 2.65 bits per heavy atom. The van der Waals surface area contributed by atoms with Crippen molar-refractivity contribution in [1.29, 1.82) is 0 Å². The average Bonchev–Trinajstić information content (AvgIpc) is 2.52. The van der Waals surface area contributed by atoms with Gasteiger partial charge >= 0.3 is 0 Å². The number of likely N-dealkylation sites (N-methyl/N-ethyl adjacent to an activating group) is 2. The van der Waals surface area contributed by atoms with Crippen molar-refractivity contribution in [3.8, 4) is 0 Å². The summed E-state index contributed by atoms with van der Waals surface area (Å²) in [5.74, 6) is 0.0851. The van der Waals surface area contributed by atoms with Crippen molar-refractivity contribution in [3.63, 3.8) is 0 Å². The molecule has 0 fully saturated rings. The maximum absolute atomic E-state index is 12.0. The molecule has 5 heteroatoms. The summed E-state index contributed by atoms with van der Waals surface area (Å²) in [5.41, 5.74) is 2.47. The summed E-state index contributed by atoms with van der Waals surface area (Å²) in [6.07, 6.45) is 1.82. The quantitative estimate of drug-likeness (QED) is 0.790. The van der Waals surface area contributed by atoms with Crippen LogP contribution in [0, 0.1) is 5.41 Å². The highest BCUT2D eigenvalue weighted by molar-refractivity contribution is 5.79. The first-order valence-electron chi connectivity index (χ1n) is 9.20. The van der Waals surface area contributed by atoms with Crippen molar-refractivity contribution in [2.45, 2.75) is 27.3 Å². The second-order valence-electron chi connectivity index (χ2n) is 8.35. The van der Waals surface area contributed by atoms with Gasteiger partial charge in [-0.2, -0.15) is 0 Å². The highest BCUT2D eigenvalue weighted by Gasteiger charge is 2.15. The first kappa shape index (κ1) is 20.3. The predicted molar refractivity (Wildman–Crippen MR) is 108 cm³/mol. The molecule has 1 heterocycles. The summed E-state index contributed by atoms with van der Waals surface area (Å²) in [5, 5.41) is 4.17. The molecule has 2 aromatic rings. The molecule has 0 atom stereocenters. The lowest BCUT2D eigenvalue weighted by Gasteiger charge is -2.26. The fourth-order valence-electron chi connectivity index (χ4n) is 3.17. The van der Waals surface area contributed by atoms with E-state index in [4.69, 9.17) is 0 Å². The van der Waals surface area contributed by atoms with Gasteiger partial charge in [0, 0.05) is 37.8 Å². The molecule has 0 aliphatic heterocycles. The largest absolute Gasteiger partial charge is 0.354 e. The standard InChI is InChI=1S/C21H32N4O/c1-21(2,3)16-25(5)15-20(26)23-11-12-24(4)14-17-8-9-19-18(13-17)7-6-10-22-19/h6-10,13H,11-12,14-16H2,1-5H3,(H,23,26). The van der Waals surface area contributed by atoms with Gasteiger partial charge in [0.15, 0.2) is 0 Å². The van der Waals surface area contributed by atoms with Gasteiger partial charge in [-0.15, -0.1) is 0 Å². The second-order valence-corrected chi connectivity index (χ2v) is 8.35. The smallest absolute Gasteiger partial charge is 0.234 e. The van der Waals surface area contributed by atoms with Gasteiger partial charge in [-0.05, 0) is 43.3 Å². The van der Waals surface area contributed by atoms with Crippen LogP contribution in [0.1, 0.15) is 26.3 Å². The molecule has 0 bridgehead atoms. The van der Waals surface area contributed by atoms with Crippen LogP contribution < -0.4 is 5.32 Å². The molecule has 0 aliphatic rings. The Hall–Kier alpha value is -1.98. The van der Waals surface area contributed by atoms with Crippen molar-refractivity contribution in [2.75, 3.05) is 40.3 Å². The van der Waals surface area contributed by atoms with Gasteiger partial charge in [-0.3, -0.25) is 14.7 Å². The fraction of sp³-hybridized carbons (Fsp3) is 0.524. The third-order valence-electron chi connectivity index (χ3n) is 4.09. The molecule has 0 aliphatic carbocycles. The maximum Gasteiger partial charge on any atom is 0.234 e. The number of hydrogen-bond acceptors (Lipinski definition) is 4. The zero-order valence-electron chi connectivity index (χ0n) is 16.7. The first-order valence-corrected chi connectivity index (χ1v) is 9.20. The molecular weight excluding hydrogens is 324 g/mol. The van der Waals surface area contributed by atoms with Gasteiger partial charge in [0.25, 0.3) is 0 Å². The van der Waals surface area contributed by atoms with E-state index in [1.807, 2.05) is 19.3 Å². The zero-order valence-corrected chi connectivity index (χ0v) is 16.7. The normalized spacial score (nSPS) is 12.1. The Labute approximate surface area is 157 Å². The fourth-order valence-corrected chi connectivity index (χ4v) is 3.17. The van der Waals surface area contributed by atoms with Crippen LogP contribution in [0.4, 0.5) is 0 Å². The molecule has 1 aromatic heterocycles. The molecule has 5 nitrogen and oxygen atoms in total. The van der Waals surface area contributed by atoms with Gasteiger partial charge in [-0.25, -0.2) is 0 Å². The summed E-state index contributed by atoms with van der Waals surface area (Å²) in [6.45, 7) is 10.2. The zero-order chi connectivity index (χ0) is 19.2. The molecule has 2 rings (SSSR count). The topological polar surface area (TPSA) is 48.5 Å². The van der Waals surface area contributed by atoms with E-state index in [0.717, 1.165) is 30.5 Å². The minimum Gasteiger partial charge on any atom is -0.354 e. The van der Waals surface area contributed by atoms with Crippen molar-refractivity contribution in [1.82, 2.24) is 20.1 Å². The van der Waals surface area contributed by atoms with Crippen LogP contribution in [0.15, 0.2) is 36.5 Å². The van der Waals surface area contributed by atoms with Crippen LogP contribution >= 0.6 is 0 Å². The molecule has 0 unspecified atom stereocenters. The average molecular weight is 357 g/mol. The van der Waals surface area contributed by atoms with Gasteiger partial charge in [0.2, 0.25) is 5.91 Å². The molecular formula is C21H32N4O. The first-order chi connectivity index (χ1) is 12.2. The Kier molecular flexibility index (Phi) is 7.12. The second kappa shape index (κ2) is 9.10. The number of hydrogen-bond donors (Lipinski definition) is 1. The third kappa shape index (κ3) is 7.10. The molecule has 1 amide bonds. The Bertz CT molecular complexity index is 723. The SMILES string of the molecule is CN(CCNC(=O)CN(C)CC(C)(C)C)Cc1ccc2ncccc2c1. The van der Waals surface area contributed by atoms with Crippen LogP contribution in [-0.4, -0.2) is 61.0 Å². The Balaban J connectivity index is 1.72. The lowest BCUT2D eigenvalue weighted by atomic mass is 9.96. The molecule has 0 saturated heterocycles. The molecule has 1 aromatic carbocycles. The predicted octanol–water partition coefficient (Wildman–Crippen LogP) is 2.76. The molecule has 0 saturated carbocycles. The van der Waals surface area contributed by atoms with Gasteiger partial charge < -0.3 is 10.2 Å². The van der Waals surface area contributed by atoms with E-state index in [1.165, 1.54) is 5.56 Å². The maximum atomic E-state index is 12.0. The number of rotatable bonds is 8. The van der Waals surface area contributed by atoms with E-state index in [9.17, 15) is 4.79 Å². The molecule has 0 spiro atoms. The lowest BCUT2D eigenvalue weighted by molar-refractivity contribution is -0.122. The van der Waals surface area contributed by atoms with Crippen molar-refractivity contribution in [3.05, 3.63) is 42.1 Å². The number of nitrogens with zero attached hydrogens (tertiary/aromatic N) is 3. The van der Waals surface area contributed by atoms with Gasteiger partial charge in [0.1, 0.15) is 0 Å². The van der Waals surface area contributed by atoms with Crippen LogP contribution in [0.3, 0.4) is 0 Å². The van der Waals surface area contributed by atoms with E-state index in [0.29, 0.717) is 13.1 Å². The van der Waals surface area contributed by atoms with E-state index < -0.39 is 0 Å². The molecule has 1 N–H and O–H groups in total. The van der Waals surface area contributed by atoms with Crippen LogP contribution in [0.2, 0.25) is 0 Å². The summed E-state index contributed by atoms with van der Waals surface area (Å²) >= 11 is 0. The Morgan fingerprint density at radius 2 is 1.92 bits per heavy atom. The van der Waals surface area contributed by atoms with Crippen LogP contribution in [-0.2, 0) is 11.3 Å². The summed E-state index contributed by atoms with van der Waals surface area (Å²) in [7, 11) is 4.07.